The molecule has 0 aromatic heterocycles. The molecule has 0 fully saturated rings. The van der Waals surface area contributed by atoms with Crippen LogP contribution in [0.15, 0.2) is 24.3 Å². The van der Waals surface area contributed by atoms with E-state index in [1.165, 1.54) is 12.1 Å². The highest BCUT2D eigenvalue weighted by Crippen LogP contribution is 2.15. The number of aliphatic hydroxyl groups excluding tert-OH is 1. The Bertz CT molecular complexity index is 344. The van der Waals surface area contributed by atoms with Crippen LogP contribution in [0.1, 0.15) is 24.2 Å². The lowest BCUT2D eigenvalue weighted by Crippen LogP contribution is -2.19. The number of ketones is 1. The number of hydrogen-bond donors (Lipinski definition) is 2. The molecular weight excluding hydrogens is 196 g/mol. The van der Waals surface area contributed by atoms with Gasteiger partial charge in [0.05, 0.1) is 6.10 Å². The Balaban J connectivity index is 2.87. The van der Waals surface area contributed by atoms with Crippen LogP contribution < -0.4 is 4.74 Å². The maximum absolute atomic E-state index is 11.2. The van der Waals surface area contributed by atoms with Gasteiger partial charge in [-0.3, -0.25) is 4.79 Å². The summed E-state index contributed by atoms with van der Waals surface area (Å²) >= 11 is 0. The number of hydrogen-bond acceptors (Lipinski definition) is 4. The molecule has 0 aliphatic heterocycles. The highest BCUT2D eigenvalue weighted by Gasteiger charge is 2.14. The first kappa shape index (κ1) is 11.7. The van der Waals surface area contributed by atoms with Gasteiger partial charge in [0.2, 0.25) is 12.1 Å². The van der Waals surface area contributed by atoms with E-state index in [9.17, 15) is 4.79 Å². The van der Waals surface area contributed by atoms with E-state index in [4.69, 9.17) is 14.9 Å². The van der Waals surface area contributed by atoms with Crippen molar-refractivity contribution in [1.82, 2.24) is 0 Å². The maximum atomic E-state index is 11.2. The third-order valence-corrected chi connectivity index (χ3v) is 1.72. The van der Waals surface area contributed by atoms with Crippen molar-refractivity contribution in [2.45, 2.75) is 26.2 Å². The van der Waals surface area contributed by atoms with Crippen LogP contribution in [0, 0.1) is 0 Å². The second kappa shape index (κ2) is 4.91. The maximum Gasteiger partial charge on any atom is 0.218 e. The van der Waals surface area contributed by atoms with Crippen LogP contribution in [0.25, 0.3) is 0 Å². The van der Waals surface area contributed by atoms with E-state index in [1.807, 2.05) is 13.8 Å². The quantitative estimate of drug-likeness (QED) is 0.574. The Morgan fingerprint density at radius 2 is 2.00 bits per heavy atom. The molecule has 0 aliphatic rings. The molecule has 0 saturated carbocycles. The fraction of sp³-hybridized carbons (Fsp3) is 0.364. The molecule has 2 N–H and O–H groups in total. The number of carbonyl (C=O) groups is 1. The van der Waals surface area contributed by atoms with Gasteiger partial charge in [0, 0.05) is 5.56 Å². The summed E-state index contributed by atoms with van der Waals surface area (Å²) in [5, 5.41) is 17.4. The number of aliphatic hydroxyl groups is 2. The van der Waals surface area contributed by atoms with Gasteiger partial charge >= 0.3 is 0 Å². The van der Waals surface area contributed by atoms with Gasteiger partial charge in [-0.1, -0.05) is 12.1 Å². The lowest BCUT2D eigenvalue weighted by atomic mass is 10.1. The summed E-state index contributed by atoms with van der Waals surface area (Å²) in [7, 11) is 0. The molecule has 4 heteroatoms. The van der Waals surface area contributed by atoms with E-state index < -0.39 is 12.1 Å². The Hall–Kier alpha value is -1.39. The molecule has 0 unspecified atom stereocenters. The Kier molecular flexibility index (Phi) is 3.82. The predicted octanol–water partition coefficient (Wildman–Crippen LogP) is 0.967. The van der Waals surface area contributed by atoms with Crippen LogP contribution in [-0.2, 0) is 0 Å². The van der Waals surface area contributed by atoms with E-state index in [0.29, 0.717) is 5.75 Å². The van der Waals surface area contributed by atoms with Gasteiger partial charge < -0.3 is 14.9 Å². The fourth-order valence-electron chi connectivity index (χ4n) is 1.14. The average molecular weight is 210 g/mol. The molecule has 0 aliphatic carbocycles. The molecule has 0 radical (unpaired) electrons. The van der Waals surface area contributed by atoms with Gasteiger partial charge in [-0.15, -0.1) is 0 Å². The zero-order valence-corrected chi connectivity index (χ0v) is 8.68. The van der Waals surface area contributed by atoms with E-state index >= 15 is 0 Å². The molecule has 1 rings (SSSR count). The van der Waals surface area contributed by atoms with Crippen LogP contribution in [0.5, 0.6) is 5.75 Å². The molecular formula is C11H14O4. The first-order valence-corrected chi connectivity index (χ1v) is 4.68. The normalized spacial score (nSPS) is 10.8. The first-order valence-electron chi connectivity index (χ1n) is 4.68. The van der Waals surface area contributed by atoms with Crippen LogP contribution in [-0.4, -0.2) is 28.4 Å². The second-order valence-corrected chi connectivity index (χ2v) is 3.43. The minimum atomic E-state index is -1.97. The van der Waals surface area contributed by atoms with Crippen molar-refractivity contribution in [3.8, 4) is 5.75 Å². The van der Waals surface area contributed by atoms with E-state index in [2.05, 4.69) is 0 Å². The molecule has 0 amide bonds. The summed E-state index contributed by atoms with van der Waals surface area (Å²) in [5.41, 5.74) is 0.225. The fourth-order valence-corrected chi connectivity index (χ4v) is 1.14. The number of ether oxygens (including phenoxy) is 1. The third-order valence-electron chi connectivity index (χ3n) is 1.72. The SMILES string of the molecule is CC(C)Oc1cccc(C(=O)C(O)O)c1. The Morgan fingerprint density at radius 1 is 1.33 bits per heavy atom. The molecule has 1 aromatic rings. The molecule has 0 bridgehead atoms. The van der Waals surface area contributed by atoms with Gasteiger partial charge in [-0.2, -0.15) is 0 Å². The number of benzene rings is 1. The predicted molar refractivity (Wildman–Crippen MR) is 54.8 cm³/mol. The molecule has 0 heterocycles. The second-order valence-electron chi connectivity index (χ2n) is 3.43. The Morgan fingerprint density at radius 3 is 2.53 bits per heavy atom. The van der Waals surface area contributed by atoms with Crippen LogP contribution in [0.3, 0.4) is 0 Å². The van der Waals surface area contributed by atoms with Gasteiger partial charge in [0.25, 0.3) is 0 Å². The monoisotopic (exact) mass is 210 g/mol. The van der Waals surface area contributed by atoms with E-state index in [1.54, 1.807) is 12.1 Å². The minimum Gasteiger partial charge on any atom is -0.491 e. The summed E-state index contributed by atoms with van der Waals surface area (Å²) < 4.78 is 5.37. The largest absolute Gasteiger partial charge is 0.491 e. The lowest BCUT2D eigenvalue weighted by Gasteiger charge is -2.10. The van der Waals surface area contributed by atoms with Gasteiger partial charge in [0.1, 0.15) is 5.75 Å². The summed E-state index contributed by atoms with van der Waals surface area (Å²) in [4.78, 5) is 11.2. The number of rotatable bonds is 4. The van der Waals surface area contributed by atoms with Gasteiger partial charge in [-0.25, -0.2) is 0 Å². The summed E-state index contributed by atoms with van der Waals surface area (Å²) in [6.07, 6.45) is -1.96. The molecule has 15 heavy (non-hydrogen) atoms. The first-order chi connectivity index (χ1) is 7.00. The number of Topliss-reactive ketones (excluding diaryl/α,β-unsaturated/α-hetero) is 1. The van der Waals surface area contributed by atoms with Gasteiger partial charge in [0.15, 0.2) is 0 Å². The highest BCUT2D eigenvalue weighted by atomic mass is 16.5. The standard InChI is InChI=1S/C11H14O4/c1-7(2)15-9-5-3-4-8(6-9)10(12)11(13)14/h3-7,11,13-14H,1-2H3. The van der Waals surface area contributed by atoms with Crippen molar-refractivity contribution < 1.29 is 19.7 Å². The zero-order valence-electron chi connectivity index (χ0n) is 8.68. The van der Waals surface area contributed by atoms with Crippen molar-refractivity contribution in [2.75, 3.05) is 0 Å². The van der Waals surface area contributed by atoms with Crippen molar-refractivity contribution in [2.24, 2.45) is 0 Å². The van der Waals surface area contributed by atoms with E-state index in [-0.39, 0.29) is 11.7 Å². The molecule has 1 aromatic carbocycles. The van der Waals surface area contributed by atoms with Crippen molar-refractivity contribution >= 4 is 5.78 Å². The minimum absolute atomic E-state index is 0.00871. The molecule has 0 spiro atoms. The smallest absolute Gasteiger partial charge is 0.218 e. The van der Waals surface area contributed by atoms with E-state index in [0.717, 1.165) is 0 Å². The van der Waals surface area contributed by atoms with Crippen molar-refractivity contribution in [1.29, 1.82) is 0 Å². The molecule has 0 atom stereocenters. The number of carbonyl (C=O) groups excluding carboxylic acids is 1. The van der Waals surface area contributed by atoms with Crippen LogP contribution in [0.2, 0.25) is 0 Å². The molecule has 4 nitrogen and oxygen atoms in total. The van der Waals surface area contributed by atoms with Crippen molar-refractivity contribution in [3.05, 3.63) is 29.8 Å². The molecule has 0 saturated heterocycles. The van der Waals surface area contributed by atoms with Gasteiger partial charge in [-0.05, 0) is 26.0 Å². The highest BCUT2D eigenvalue weighted by molar-refractivity contribution is 5.98. The van der Waals surface area contributed by atoms with Crippen LogP contribution >= 0.6 is 0 Å². The summed E-state index contributed by atoms with van der Waals surface area (Å²) in [6.45, 7) is 3.74. The van der Waals surface area contributed by atoms with Crippen LogP contribution in [0.4, 0.5) is 0 Å². The van der Waals surface area contributed by atoms with Crippen molar-refractivity contribution in [3.63, 3.8) is 0 Å². The Labute approximate surface area is 88.1 Å². The molecule has 82 valence electrons. The zero-order chi connectivity index (χ0) is 11.4. The average Bonchev–Trinajstić information content (AvgIpc) is 2.16. The summed E-state index contributed by atoms with van der Waals surface area (Å²) in [5.74, 6) is -0.194. The lowest BCUT2D eigenvalue weighted by molar-refractivity contribution is -0.0195. The topological polar surface area (TPSA) is 66.8 Å². The third kappa shape index (κ3) is 3.34. The summed E-state index contributed by atoms with van der Waals surface area (Å²) in [6, 6.07) is 6.34.